The average Bonchev–Trinajstić information content (AvgIpc) is 3.51. The number of hydrogen-bond acceptors (Lipinski definition) is 7. The maximum absolute atomic E-state index is 13.6. The number of imide groups is 1. The standard InChI is InChI=1S/C29H33BINO6S/c1-4-18-13-20-26(29(35)32(28(20)34)15-19-6-5-9-39-19)21-14-30(36)38-23(25(18)21)8-7-16(2)10-17-11-22(31)27(33)24(12-17)37-3/h5-6,9-12,20-21,23,26,33,36H,4,7-8,13-15H2,1-3H3/b16-10+/t20-,21+,23-,26-/m1/s1. The van der Waals surface area contributed by atoms with Crippen molar-refractivity contribution in [2.24, 2.45) is 17.8 Å². The van der Waals surface area contributed by atoms with Crippen LogP contribution in [0.4, 0.5) is 0 Å². The Morgan fingerprint density at radius 3 is 2.79 bits per heavy atom. The third kappa shape index (κ3) is 5.58. The van der Waals surface area contributed by atoms with Crippen molar-refractivity contribution in [1.82, 2.24) is 4.90 Å². The molecule has 2 amide bonds. The Morgan fingerprint density at radius 1 is 1.31 bits per heavy atom. The lowest BCUT2D eigenvalue weighted by Crippen LogP contribution is -2.46. The molecule has 5 rings (SSSR count). The molecule has 0 radical (unpaired) electrons. The highest BCUT2D eigenvalue weighted by atomic mass is 127. The molecule has 3 heterocycles. The number of rotatable bonds is 8. The number of likely N-dealkylation sites (tertiary alicyclic amines) is 1. The van der Waals surface area contributed by atoms with E-state index in [0.717, 1.165) is 34.4 Å². The van der Waals surface area contributed by atoms with Crippen molar-refractivity contribution < 1.29 is 29.1 Å². The van der Waals surface area contributed by atoms with Crippen LogP contribution in [0.3, 0.4) is 0 Å². The van der Waals surface area contributed by atoms with Gasteiger partial charge in [0.05, 0.1) is 35.2 Å². The molecule has 7 nitrogen and oxygen atoms in total. The van der Waals surface area contributed by atoms with Crippen LogP contribution in [0.25, 0.3) is 6.08 Å². The second kappa shape index (κ2) is 11.8. The predicted molar refractivity (Wildman–Crippen MR) is 160 cm³/mol. The van der Waals surface area contributed by atoms with Crippen molar-refractivity contribution >= 4 is 58.9 Å². The molecule has 2 aliphatic heterocycles. The predicted octanol–water partition coefficient (Wildman–Crippen LogP) is 5.66. The van der Waals surface area contributed by atoms with Gasteiger partial charge in [-0.3, -0.25) is 14.5 Å². The number of phenols is 1. The lowest BCUT2D eigenvalue weighted by Gasteiger charge is -2.43. The average molecular weight is 661 g/mol. The second-order valence-electron chi connectivity index (χ2n) is 10.6. The normalized spacial score (nSPS) is 25.3. The number of amides is 2. The SMILES string of the molecule is CCC1=C2[C@@H](CC/C(C)=C/c3cc(I)c(O)c(OC)c3)OB(O)C[C@@H]2[C@@H]2C(=O)N(Cc3cccs3)C(=O)[C@@H]2C1. The first-order chi connectivity index (χ1) is 18.7. The van der Waals surface area contributed by atoms with Crippen molar-refractivity contribution in [3.05, 3.63) is 60.4 Å². The van der Waals surface area contributed by atoms with Crippen LogP contribution >= 0.6 is 33.9 Å². The van der Waals surface area contributed by atoms with Gasteiger partial charge in [-0.05, 0) is 102 Å². The van der Waals surface area contributed by atoms with Gasteiger partial charge in [-0.1, -0.05) is 30.2 Å². The van der Waals surface area contributed by atoms with Gasteiger partial charge >= 0.3 is 7.12 Å². The molecule has 0 unspecified atom stereocenters. The number of halogens is 1. The number of benzene rings is 1. The first kappa shape index (κ1) is 28.4. The number of carbonyl (C=O) groups is 2. The smallest absolute Gasteiger partial charge is 0.455 e. The molecule has 2 aromatic rings. The van der Waals surface area contributed by atoms with Gasteiger partial charge in [0.1, 0.15) is 0 Å². The lowest BCUT2D eigenvalue weighted by atomic mass is 9.58. The van der Waals surface area contributed by atoms with E-state index in [-0.39, 0.29) is 35.5 Å². The molecule has 206 valence electrons. The quantitative estimate of drug-likeness (QED) is 0.164. The molecule has 0 bridgehead atoms. The van der Waals surface area contributed by atoms with Gasteiger partial charge in [0.15, 0.2) is 11.5 Å². The first-order valence-corrected chi connectivity index (χ1v) is 15.3. The third-order valence-corrected chi connectivity index (χ3v) is 9.89. The number of thiophene rings is 1. The maximum atomic E-state index is 13.6. The topological polar surface area (TPSA) is 96.3 Å². The Bertz CT molecular complexity index is 1330. The molecule has 1 aliphatic carbocycles. The van der Waals surface area contributed by atoms with E-state index in [1.165, 1.54) is 17.6 Å². The second-order valence-corrected chi connectivity index (χ2v) is 12.8. The molecule has 4 atom stereocenters. The number of phenolic OH excluding ortho intramolecular Hbond substituents is 1. The summed E-state index contributed by atoms with van der Waals surface area (Å²) in [6.45, 7) is 4.47. The number of ether oxygens (including phenoxy) is 1. The summed E-state index contributed by atoms with van der Waals surface area (Å²) in [5.74, 6) is -0.625. The zero-order valence-corrected chi connectivity index (χ0v) is 25.3. The fraction of sp³-hybridized carbons (Fsp3) is 0.448. The lowest BCUT2D eigenvalue weighted by molar-refractivity contribution is -0.140. The maximum Gasteiger partial charge on any atom is 0.455 e. The fourth-order valence-corrected chi connectivity index (χ4v) is 7.75. The summed E-state index contributed by atoms with van der Waals surface area (Å²) < 4.78 is 12.1. The number of aromatic hydroxyl groups is 1. The highest BCUT2D eigenvalue weighted by Crippen LogP contribution is 2.51. The van der Waals surface area contributed by atoms with Crippen LogP contribution in [0, 0.1) is 21.3 Å². The van der Waals surface area contributed by atoms with E-state index >= 15 is 0 Å². The molecule has 2 N–H and O–H groups in total. The third-order valence-electron chi connectivity index (χ3n) is 8.20. The van der Waals surface area contributed by atoms with E-state index in [4.69, 9.17) is 9.39 Å². The minimum absolute atomic E-state index is 0.0846. The van der Waals surface area contributed by atoms with Crippen molar-refractivity contribution in [2.75, 3.05) is 7.11 Å². The Morgan fingerprint density at radius 2 is 2.10 bits per heavy atom. The molecule has 2 saturated heterocycles. The van der Waals surface area contributed by atoms with E-state index in [1.807, 2.05) is 29.6 Å². The van der Waals surface area contributed by atoms with Gasteiger partial charge < -0.3 is 19.5 Å². The monoisotopic (exact) mass is 661 g/mol. The highest BCUT2D eigenvalue weighted by Gasteiger charge is 2.57. The van der Waals surface area contributed by atoms with Gasteiger partial charge in [0.25, 0.3) is 0 Å². The zero-order chi connectivity index (χ0) is 27.8. The summed E-state index contributed by atoms with van der Waals surface area (Å²) in [6, 6.07) is 7.60. The largest absolute Gasteiger partial charge is 0.504 e. The summed E-state index contributed by atoms with van der Waals surface area (Å²) >= 11 is 3.63. The molecule has 1 aromatic heterocycles. The van der Waals surface area contributed by atoms with Crippen molar-refractivity contribution in [2.45, 2.75) is 58.5 Å². The van der Waals surface area contributed by atoms with Crippen molar-refractivity contribution in [3.8, 4) is 11.5 Å². The van der Waals surface area contributed by atoms with Crippen LogP contribution in [0.15, 0.2) is 46.4 Å². The van der Waals surface area contributed by atoms with Crippen LogP contribution < -0.4 is 4.74 Å². The van der Waals surface area contributed by atoms with Crippen molar-refractivity contribution in [1.29, 1.82) is 0 Å². The van der Waals surface area contributed by atoms with Crippen LogP contribution in [0.5, 0.6) is 11.5 Å². The number of nitrogens with zero attached hydrogens (tertiary/aromatic N) is 1. The molecule has 0 spiro atoms. The van der Waals surface area contributed by atoms with E-state index in [2.05, 4.69) is 42.5 Å². The number of hydrogen-bond donors (Lipinski definition) is 2. The minimum Gasteiger partial charge on any atom is -0.504 e. The molecule has 10 heteroatoms. The number of allylic oxidation sites excluding steroid dienone is 2. The Labute approximate surface area is 247 Å². The van der Waals surface area contributed by atoms with Gasteiger partial charge in [0.2, 0.25) is 11.8 Å². The zero-order valence-electron chi connectivity index (χ0n) is 22.4. The summed E-state index contributed by atoms with van der Waals surface area (Å²) in [5.41, 5.74) is 4.37. The van der Waals surface area contributed by atoms with Gasteiger partial charge in [-0.25, -0.2) is 0 Å². The first-order valence-electron chi connectivity index (χ1n) is 13.4. The molecular formula is C29H33BINO6S. The number of methoxy groups -OCH3 is 1. The molecule has 2 fully saturated rings. The van der Waals surface area contributed by atoms with Crippen molar-refractivity contribution in [3.63, 3.8) is 0 Å². The van der Waals surface area contributed by atoms with Crippen LogP contribution in [0.2, 0.25) is 6.32 Å². The summed E-state index contributed by atoms with van der Waals surface area (Å²) in [5, 5.41) is 22.8. The fourth-order valence-electron chi connectivity index (χ4n) is 6.43. The van der Waals surface area contributed by atoms with Gasteiger partial charge in [-0.2, -0.15) is 0 Å². The van der Waals surface area contributed by atoms with Crippen LogP contribution in [0.1, 0.15) is 50.0 Å². The minimum atomic E-state index is -0.970. The van der Waals surface area contributed by atoms with Gasteiger partial charge in [-0.15, -0.1) is 11.3 Å². The van der Waals surface area contributed by atoms with E-state index in [1.54, 1.807) is 11.3 Å². The molecule has 3 aliphatic rings. The Hall–Kier alpha value is -2.15. The molecule has 0 saturated carbocycles. The van der Waals surface area contributed by atoms with Crippen LogP contribution in [-0.2, 0) is 20.8 Å². The molecule has 1 aromatic carbocycles. The summed E-state index contributed by atoms with van der Waals surface area (Å²) in [6.07, 6.45) is 4.86. The van der Waals surface area contributed by atoms with E-state index in [0.29, 0.717) is 35.0 Å². The van der Waals surface area contributed by atoms with Gasteiger partial charge in [0, 0.05) is 4.88 Å². The summed E-state index contributed by atoms with van der Waals surface area (Å²) in [7, 11) is 0.563. The van der Waals surface area contributed by atoms with E-state index < -0.39 is 13.0 Å². The molecular weight excluding hydrogens is 628 g/mol. The number of fused-ring (bicyclic) bond motifs is 3. The molecule has 39 heavy (non-hydrogen) atoms. The summed E-state index contributed by atoms with van der Waals surface area (Å²) in [4.78, 5) is 29.5. The number of carbonyl (C=O) groups excluding carboxylic acids is 2. The highest BCUT2D eigenvalue weighted by molar-refractivity contribution is 14.1. The Balaban J connectivity index is 1.37. The van der Waals surface area contributed by atoms with Crippen LogP contribution in [-0.4, -0.2) is 47.2 Å². The Kier molecular flexibility index (Phi) is 8.56. The van der Waals surface area contributed by atoms with E-state index in [9.17, 15) is 19.7 Å².